The van der Waals surface area contributed by atoms with Gasteiger partial charge in [0, 0.05) is 35.1 Å². The lowest BCUT2D eigenvalue weighted by molar-refractivity contribution is -0.137. The third-order valence-corrected chi connectivity index (χ3v) is 5.61. The fourth-order valence-corrected chi connectivity index (χ4v) is 4.39. The number of hydrogen-bond donors (Lipinski definition) is 0. The standard InChI is InChI=1S/C22H17ClF3NO2/c23-14-6-3-5-13(11-14)15-12-20(29)27(18-9-4-10-19(28)21(15)18)17-8-2-1-7-16(17)22(24,25)26/h1-3,5-8,11,15H,4,9-10,12H2. The molecule has 1 aliphatic heterocycles. The lowest BCUT2D eigenvalue weighted by atomic mass is 9.77. The fraction of sp³-hybridized carbons (Fsp3) is 0.273. The summed E-state index contributed by atoms with van der Waals surface area (Å²) in [6.07, 6.45) is -3.51. The smallest absolute Gasteiger partial charge is 0.294 e. The van der Waals surface area contributed by atoms with Crippen LogP contribution in [0.5, 0.6) is 0 Å². The minimum atomic E-state index is -4.61. The van der Waals surface area contributed by atoms with Crippen molar-refractivity contribution < 1.29 is 22.8 Å². The van der Waals surface area contributed by atoms with Crippen molar-refractivity contribution in [1.29, 1.82) is 0 Å². The second-order valence-electron chi connectivity index (χ2n) is 7.19. The Labute approximate surface area is 170 Å². The minimum Gasteiger partial charge on any atom is -0.294 e. The monoisotopic (exact) mass is 419 g/mol. The maximum atomic E-state index is 13.6. The number of rotatable bonds is 2. The molecule has 150 valence electrons. The van der Waals surface area contributed by atoms with E-state index in [9.17, 15) is 22.8 Å². The number of anilines is 1. The number of benzene rings is 2. The predicted octanol–water partition coefficient (Wildman–Crippen LogP) is 5.89. The number of carbonyl (C=O) groups is 2. The zero-order valence-electron chi connectivity index (χ0n) is 15.3. The van der Waals surface area contributed by atoms with Gasteiger partial charge < -0.3 is 0 Å². The second kappa shape index (κ2) is 7.34. The van der Waals surface area contributed by atoms with Crippen LogP contribution in [0.3, 0.4) is 0 Å². The van der Waals surface area contributed by atoms with Crippen molar-refractivity contribution in [1.82, 2.24) is 0 Å². The van der Waals surface area contributed by atoms with E-state index in [0.717, 1.165) is 16.5 Å². The number of halogens is 4. The van der Waals surface area contributed by atoms with Gasteiger partial charge >= 0.3 is 6.18 Å². The van der Waals surface area contributed by atoms with E-state index in [1.807, 2.05) is 0 Å². The zero-order chi connectivity index (χ0) is 20.8. The van der Waals surface area contributed by atoms with Gasteiger partial charge in [-0.25, -0.2) is 0 Å². The molecule has 1 atom stereocenters. The molecular formula is C22H17ClF3NO2. The normalized spacial score (nSPS) is 20.1. The van der Waals surface area contributed by atoms with Crippen LogP contribution in [0.1, 0.15) is 42.7 Å². The van der Waals surface area contributed by atoms with Gasteiger partial charge in [0.2, 0.25) is 5.91 Å². The first-order valence-corrected chi connectivity index (χ1v) is 9.66. The molecule has 3 nitrogen and oxygen atoms in total. The molecule has 2 aliphatic rings. The van der Waals surface area contributed by atoms with E-state index < -0.39 is 23.6 Å². The molecular weight excluding hydrogens is 403 g/mol. The molecule has 7 heteroatoms. The Kier molecular flexibility index (Phi) is 4.99. The Hall–Kier alpha value is -2.60. The van der Waals surface area contributed by atoms with Crippen LogP contribution < -0.4 is 4.90 Å². The number of hydrogen-bond acceptors (Lipinski definition) is 2. The molecule has 2 aromatic rings. The van der Waals surface area contributed by atoms with Crippen molar-refractivity contribution in [2.24, 2.45) is 0 Å². The Morgan fingerprint density at radius 2 is 1.76 bits per heavy atom. The molecule has 1 heterocycles. The average molecular weight is 420 g/mol. The van der Waals surface area contributed by atoms with Crippen LogP contribution in [0.4, 0.5) is 18.9 Å². The van der Waals surface area contributed by atoms with Gasteiger partial charge in [-0.2, -0.15) is 13.2 Å². The summed E-state index contributed by atoms with van der Waals surface area (Å²) >= 11 is 6.09. The lowest BCUT2D eigenvalue weighted by Gasteiger charge is -2.39. The largest absolute Gasteiger partial charge is 0.418 e. The predicted molar refractivity (Wildman–Crippen MR) is 104 cm³/mol. The minimum absolute atomic E-state index is 0.0862. The SMILES string of the molecule is O=C1CCCC2=C1C(c1cccc(Cl)c1)CC(=O)N2c1ccccc1C(F)(F)F. The molecule has 1 unspecified atom stereocenters. The molecule has 29 heavy (non-hydrogen) atoms. The molecule has 0 aromatic heterocycles. The van der Waals surface area contributed by atoms with Crippen molar-refractivity contribution in [3.05, 3.63) is 76.0 Å². The van der Waals surface area contributed by atoms with E-state index in [-0.39, 0.29) is 17.9 Å². The number of nitrogens with zero attached hydrogens (tertiary/aromatic N) is 1. The molecule has 0 fully saturated rings. The first-order valence-electron chi connectivity index (χ1n) is 9.28. The number of allylic oxidation sites excluding steroid dienone is 2. The second-order valence-corrected chi connectivity index (χ2v) is 7.63. The highest BCUT2D eigenvalue weighted by molar-refractivity contribution is 6.30. The average Bonchev–Trinajstić information content (AvgIpc) is 2.67. The van der Waals surface area contributed by atoms with Crippen LogP contribution in [0, 0.1) is 0 Å². The van der Waals surface area contributed by atoms with E-state index in [2.05, 4.69) is 0 Å². The van der Waals surface area contributed by atoms with Crippen LogP contribution >= 0.6 is 11.6 Å². The summed E-state index contributed by atoms with van der Waals surface area (Å²) in [5.41, 5.74) is 0.405. The number of carbonyl (C=O) groups excluding carboxylic acids is 2. The van der Waals surface area contributed by atoms with Crippen molar-refractivity contribution in [3.8, 4) is 0 Å². The van der Waals surface area contributed by atoms with Crippen molar-refractivity contribution in [3.63, 3.8) is 0 Å². The summed E-state index contributed by atoms with van der Waals surface area (Å²) in [5, 5.41) is 0.477. The maximum absolute atomic E-state index is 13.6. The van der Waals surface area contributed by atoms with Gasteiger partial charge in [0.1, 0.15) is 0 Å². The zero-order valence-corrected chi connectivity index (χ0v) is 16.1. The molecule has 1 amide bonds. The first kappa shape index (κ1) is 19.7. The summed E-state index contributed by atoms with van der Waals surface area (Å²) in [7, 11) is 0. The molecule has 0 bridgehead atoms. The Balaban J connectivity index is 1.91. The van der Waals surface area contributed by atoms with Crippen LogP contribution in [0.15, 0.2) is 59.8 Å². The molecule has 4 rings (SSSR count). The summed E-state index contributed by atoms with van der Waals surface area (Å²) in [6.45, 7) is 0. The summed E-state index contributed by atoms with van der Waals surface area (Å²) in [6, 6.07) is 11.9. The van der Waals surface area contributed by atoms with Crippen molar-refractivity contribution >= 4 is 29.0 Å². The van der Waals surface area contributed by atoms with Gasteiger partial charge in [-0.15, -0.1) is 0 Å². The van der Waals surface area contributed by atoms with Crippen LogP contribution in [-0.2, 0) is 15.8 Å². The highest BCUT2D eigenvalue weighted by Gasteiger charge is 2.43. The van der Waals surface area contributed by atoms with Gasteiger partial charge in [0.25, 0.3) is 0 Å². The Morgan fingerprint density at radius 3 is 2.48 bits per heavy atom. The number of ketones is 1. The molecule has 1 aliphatic carbocycles. The lowest BCUT2D eigenvalue weighted by Crippen LogP contribution is -2.41. The van der Waals surface area contributed by atoms with E-state index in [0.29, 0.717) is 35.6 Å². The van der Waals surface area contributed by atoms with Crippen LogP contribution in [0.25, 0.3) is 0 Å². The number of para-hydroxylation sites is 1. The van der Waals surface area contributed by atoms with Gasteiger partial charge in [-0.3, -0.25) is 14.5 Å². The molecule has 0 saturated carbocycles. The number of Topliss-reactive ketones (excluding diaryl/α,β-unsaturated/α-hetero) is 1. The number of amides is 1. The molecule has 0 spiro atoms. The highest BCUT2D eigenvalue weighted by atomic mass is 35.5. The Bertz CT molecular complexity index is 1030. The quantitative estimate of drug-likeness (QED) is 0.609. The van der Waals surface area contributed by atoms with Gasteiger partial charge in [-0.1, -0.05) is 35.9 Å². The highest BCUT2D eigenvalue weighted by Crippen LogP contribution is 2.46. The van der Waals surface area contributed by atoms with E-state index in [4.69, 9.17) is 11.6 Å². The van der Waals surface area contributed by atoms with E-state index in [1.165, 1.54) is 18.2 Å². The Morgan fingerprint density at radius 1 is 1.00 bits per heavy atom. The van der Waals surface area contributed by atoms with Crippen LogP contribution in [-0.4, -0.2) is 11.7 Å². The topological polar surface area (TPSA) is 37.4 Å². The summed E-state index contributed by atoms with van der Waals surface area (Å²) in [4.78, 5) is 27.0. The van der Waals surface area contributed by atoms with E-state index >= 15 is 0 Å². The first-order chi connectivity index (χ1) is 13.8. The molecule has 2 aromatic carbocycles. The van der Waals surface area contributed by atoms with Crippen molar-refractivity contribution in [2.75, 3.05) is 4.90 Å². The van der Waals surface area contributed by atoms with Gasteiger partial charge in [0.15, 0.2) is 5.78 Å². The van der Waals surface area contributed by atoms with Gasteiger partial charge in [-0.05, 0) is 42.7 Å². The number of alkyl halides is 3. The molecule has 0 radical (unpaired) electrons. The summed E-state index contributed by atoms with van der Waals surface area (Å²) < 4.78 is 40.7. The van der Waals surface area contributed by atoms with E-state index in [1.54, 1.807) is 24.3 Å². The maximum Gasteiger partial charge on any atom is 0.418 e. The van der Waals surface area contributed by atoms with Crippen molar-refractivity contribution in [2.45, 2.75) is 37.8 Å². The van der Waals surface area contributed by atoms with Gasteiger partial charge in [0.05, 0.1) is 11.3 Å². The molecule has 0 N–H and O–H groups in total. The summed E-state index contributed by atoms with van der Waals surface area (Å²) in [5.74, 6) is -1.09. The van der Waals surface area contributed by atoms with Crippen LogP contribution in [0.2, 0.25) is 5.02 Å². The molecule has 0 saturated heterocycles. The third kappa shape index (κ3) is 3.57. The fourth-order valence-electron chi connectivity index (χ4n) is 4.19. The third-order valence-electron chi connectivity index (χ3n) is 5.38.